The molecule has 0 saturated heterocycles. The molecule has 1 amide bonds. The minimum atomic E-state index is -0.801. The summed E-state index contributed by atoms with van der Waals surface area (Å²) in [5.74, 6) is -1.28. The molecule has 182 valence electrons. The lowest BCUT2D eigenvalue weighted by Gasteiger charge is -2.27. The van der Waals surface area contributed by atoms with Crippen molar-refractivity contribution in [2.45, 2.75) is 25.8 Å². The summed E-state index contributed by atoms with van der Waals surface area (Å²) >= 11 is 0. The van der Waals surface area contributed by atoms with E-state index in [-0.39, 0.29) is 11.3 Å². The summed E-state index contributed by atoms with van der Waals surface area (Å²) in [6.45, 7) is 4.21. The van der Waals surface area contributed by atoms with Crippen molar-refractivity contribution >= 4 is 34.0 Å². The highest BCUT2D eigenvalue weighted by Crippen LogP contribution is 2.43. The number of fused-ring (bicyclic) bond motifs is 1. The summed E-state index contributed by atoms with van der Waals surface area (Å²) in [6.07, 6.45) is 0. The predicted octanol–water partition coefficient (Wildman–Crippen LogP) is 6.41. The lowest BCUT2D eigenvalue weighted by molar-refractivity contribution is -0.117. The van der Waals surface area contributed by atoms with E-state index in [4.69, 9.17) is 4.42 Å². The quantitative estimate of drug-likeness (QED) is 0.323. The number of carbonyl (C=O) groups excluding carboxylic acids is 2. The molecule has 0 bridgehead atoms. The Bertz CT molecular complexity index is 1440. The Kier molecular flexibility index (Phi) is 5.88. The molecule has 36 heavy (non-hydrogen) atoms. The molecule has 0 aliphatic carbocycles. The van der Waals surface area contributed by atoms with E-state index in [1.807, 2.05) is 85.7 Å². The molecule has 0 fully saturated rings. The van der Waals surface area contributed by atoms with E-state index in [0.29, 0.717) is 17.2 Å². The third-order valence-electron chi connectivity index (χ3n) is 6.67. The zero-order valence-corrected chi connectivity index (χ0v) is 20.7. The zero-order valence-electron chi connectivity index (χ0n) is 20.7. The van der Waals surface area contributed by atoms with Crippen molar-refractivity contribution in [1.29, 1.82) is 0 Å². The van der Waals surface area contributed by atoms with Gasteiger partial charge < -0.3 is 14.4 Å². The number of hydrogen-bond donors (Lipinski definition) is 1. The molecule has 1 N–H and O–H groups in total. The van der Waals surface area contributed by atoms with Crippen LogP contribution < -0.4 is 9.80 Å². The highest BCUT2D eigenvalue weighted by atomic mass is 16.3. The third kappa shape index (κ3) is 3.94. The first-order valence-corrected chi connectivity index (χ1v) is 11.9. The number of Topliss-reactive ketones (excluding diaryl/α,β-unsaturated/α-hetero) is 1. The van der Waals surface area contributed by atoms with E-state index in [1.54, 1.807) is 12.1 Å². The van der Waals surface area contributed by atoms with Crippen LogP contribution in [0, 0.1) is 0 Å². The average Bonchev–Trinajstić information content (AvgIpc) is 3.43. The van der Waals surface area contributed by atoms with Gasteiger partial charge in [-0.05, 0) is 53.4 Å². The molecule has 4 aromatic rings. The van der Waals surface area contributed by atoms with Crippen molar-refractivity contribution in [1.82, 2.24) is 0 Å². The van der Waals surface area contributed by atoms with Gasteiger partial charge in [0.25, 0.3) is 5.91 Å². The number of furan rings is 1. The smallest absolute Gasteiger partial charge is 0.294 e. The molecule has 1 aromatic heterocycles. The van der Waals surface area contributed by atoms with Crippen LogP contribution in [0.15, 0.2) is 94.6 Å². The Morgan fingerprint density at radius 2 is 1.64 bits per heavy atom. The summed E-state index contributed by atoms with van der Waals surface area (Å²) in [7, 11) is 3.87. The van der Waals surface area contributed by atoms with Crippen LogP contribution in [0.25, 0.3) is 11.0 Å². The zero-order chi connectivity index (χ0) is 25.6. The van der Waals surface area contributed by atoms with Crippen LogP contribution in [0.3, 0.4) is 0 Å². The summed E-state index contributed by atoms with van der Waals surface area (Å²) in [4.78, 5) is 30.6. The van der Waals surface area contributed by atoms with Gasteiger partial charge in [0.1, 0.15) is 5.58 Å². The molecule has 5 rings (SSSR count). The van der Waals surface area contributed by atoms with Gasteiger partial charge in [0.05, 0.1) is 11.6 Å². The van der Waals surface area contributed by atoms with Gasteiger partial charge in [-0.1, -0.05) is 56.3 Å². The first kappa shape index (κ1) is 23.4. The van der Waals surface area contributed by atoms with Gasteiger partial charge in [-0.2, -0.15) is 0 Å². The molecule has 6 heteroatoms. The fourth-order valence-corrected chi connectivity index (χ4v) is 4.62. The van der Waals surface area contributed by atoms with E-state index in [9.17, 15) is 14.7 Å². The number of ketones is 1. The van der Waals surface area contributed by atoms with Gasteiger partial charge in [-0.15, -0.1) is 0 Å². The number of nitrogens with zero attached hydrogens (tertiary/aromatic N) is 2. The van der Waals surface area contributed by atoms with Crippen molar-refractivity contribution in [3.8, 4) is 0 Å². The molecule has 1 unspecified atom stereocenters. The van der Waals surface area contributed by atoms with E-state index in [0.717, 1.165) is 22.2 Å². The molecule has 6 nitrogen and oxygen atoms in total. The fourth-order valence-electron chi connectivity index (χ4n) is 4.62. The SMILES string of the molecule is CC(C)c1ccc(C2C(C(=O)c3cc4ccccc4o3)=C(O)C(=O)N2c2ccc(N(C)C)cc2)cc1. The molecule has 1 aliphatic rings. The maximum Gasteiger partial charge on any atom is 0.294 e. The van der Waals surface area contributed by atoms with E-state index in [1.165, 1.54) is 4.90 Å². The number of benzene rings is 3. The van der Waals surface area contributed by atoms with Crippen molar-refractivity contribution in [3.63, 3.8) is 0 Å². The van der Waals surface area contributed by atoms with Gasteiger partial charge in [0, 0.05) is 30.9 Å². The molecular formula is C30H28N2O4. The molecular weight excluding hydrogens is 452 g/mol. The average molecular weight is 481 g/mol. The first-order valence-electron chi connectivity index (χ1n) is 11.9. The molecule has 1 atom stereocenters. The molecule has 0 saturated carbocycles. The Morgan fingerprint density at radius 1 is 0.972 bits per heavy atom. The van der Waals surface area contributed by atoms with E-state index < -0.39 is 23.5 Å². The Hall–Kier alpha value is -4.32. The first-order chi connectivity index (χ1) is 17.3. The number of anilines is 2. The number of aliphatic hydroxyl groups is 1. The lowest BCUT2D eigenvalue weighted by Crippen LogP contribution is -2.31. The predicted molar refractivity (Wildman–Crippen MR) is 142 cm³/mol. The standard InChI is InChI=1S/C30H28N2O4/c1-18(2)19-9-11-20(12-10-19)27-26(28(33)25-17-21-7-5-6-8-24(21)36-25)29(34)30(35)32(27)23-15-13-22(14-16-23)31(3)4/h5-18,27,34H,1-4H3. The molecule has 3 aromatic carbocycles. The fraction of sp³-hybridized carbons (Fsp3) is 0.200. The topological polar surface area (TPSA) is 74.0 Å². The van der Waals surface area contributed by atoms with Crippen LogP contribution in [0.1, 0.15) is 47.5 Å². The van der Waals surface area contributed by atoms with Crippen LogP contribution in [0.4, 0.5) is 11.4 Å². The van der Waals surface area contributed by atoms with Crippen LogP contribution in [-0.2, 0) is 4.79 Å². The largest absolute Gasteiger partial charge is 0.503 e. The van der Waals surface area contributed by atoms with Crippen LogP contribution in [0.2, 0.25) is 0 Å². The molecule has 0 radical (unpaired) electrons. The monoisotopic (exact) mass is 480 g/mol. The number of carbonyl (C=O) groups is 2. The van der Waals surface area contributed by atoms with Gasteiger partial charge >= 0.3 is 0 Å². The highest BCUT2D eigenvalue weighted by molar-refractivity contribution is 6.20. The normalized spacial score (nSPS) is 15.9. The molecule has 1 aliphatic heterocycles. The third-order valence-corrected chi connectivity index (χ3v) is 6.67. The second-order valence-corrected chi connectivity index (χ2v) is 9.55. The second kappa shape index (κ2) is 9.04. The molecule has 2 heterocycles. The minimum Gasteiger partial charge on any atom is -0.503 e. The van der Waals surface area contributed by atoms with Gasteiger partial charge in [0.15, 0.2) is 11.5 Å². The van der Waals surface area contributed by atoms with Gasteiger partial charge in [-0.3, -0.25) is 14.5 Å². The van der Waals surface area contributed by atoms with Crippen LogP contribution >= 0.6 is 0 Å². The van der Waals surface area contributed by atoms with Crippen molar-refractivity contribution in [2.75, 3.05) is 23.9 Å². The maximum absolute atomic E-state index is 13.8. The maximum atomic E-state index is 13.8. The number of hydrogen-bond acceptors (Lipinski definition) is 5. The number of aliphatic hydroxyl groups excluding tert-OH is 1. The van der Waals surface area contributed by atoms with Gasteiger partial charge in [0.2, 0.25) is 5.78 Å². The van der Waals surface area contributed by atoms with E-state index in [2.05, 4.69) is 13.8 Å². The van der Waals surface area contributed by atoms with Crippen molar-refractivity contribution in [2.24, 2.45) is 0 Å². The van der Waals surface area contributed by atoms with Crippen LogP contribution in [0.5, 0.6) is 0 Å². The van der Waals surface area contributed by atoms with Crippen molar-refractivity contribution < 1.29 is 19.1 Å². The van der Waals surface area contributed by atoms with Gasteiger partial charge in [-0.25, -0.2) is 0 Å². The molecule has 0 spiro atoms. The lowest BCUT2D eigenvalue weighted by atomic mass is 9.92. The summed E-state index contributed by atoms with van der Waals surface area (Å²) in [6, 6.07) is 23.4. The minimum absolute atomic E-state index is 0.00744. The Labute approximate surface area is 210 Å². The number of rotatable bonds is 6. The Morgan fingerprint density at radius 3 is 2.25 bits per heavy atom. The number of para-hydroxylation sites is 1. The summed E-state index contributed by atoms with van der Waals surface area (Å²) in [5.41, 5.74) is 4.00. The Balaban J connectivity index is 1.63. The van der Waals surface area contributed by atoms with E-state index >= 15 is 0 Å². The second-order valence-electron chi connectivity index (χ2n) is 9.55. The van der Waals surface area contributed by atoms with Crippen LogP contribution in [-0.4, -0.2) is 30.9 Å². The van der Waals surface area contributed by atoms with Crippen molar-refractivity contribution in [3.05, 3.63) is 107 Å². The highest BCUT2D eigenvalue weighted by Gasteiger charge is 2.45. The summed E-state index contributed by atoms with van der Waals surface area (Å²) < 4.78 is 5.81. The number of amides is 1. The summed E-state index contributed by atoms with van der Waals surface area (Å²) in [5, 5.41) is 11.8.